The summed E-state index contributed by atoms with van der Waals surface area (Å²) < 4.78 is 33.7. The van der Waals surface area contributed by atoms with Crippen LogP contribution in [0.5, 0.6) is 5.75 Å². The van der Waals surface area contributed by atoms with Gasteiger partial charge in [0.05, 0.1) is 18.4 Å². The summed E-state index contributed by atoms with van der Waals surface area (Å²) in [4.78, 5) is 20.7. The number of nitrogens with one attached hydrogen (secondary N) is 1. The van der Waals surface area contributed by atoms with E-state index in [1.54, 1.807) is 6.07 Å². The minimum atomic E-state index is -0.786. The smallest absolute Gasteiger partial charge is 0.277 e. The van der Waals surface area contributed by atoms with Gasteiger partial charge in [-0.1, -0.05) is 17.4 Å². The van der Waals surface area contributed by atoms with Crippen LogP contribution in [0.15, 0.2) is 36.7 Å². The van der Waals surface area contributed by atoms with E-state index in [4.69, 9.17) is 16.2 Å². The maximum Gasteiger partial charge on any atom is 0.277 e. The fourth-order valence-corrected chi connectivity index (χ4v) is 3.39. The fourth-order valence-electron chi connectivity index (χ4n) is 2.52. The van der Waals surface area contributed by atoms with Crippen LogP contribution in [0, 0.1) is 11.6 Å². The monoisotopic (exact) mass is 419 g/mol. The van der Waals surface area contributed by atoms with Gasteiger partial charge in [0.1, 0.15) is 33.1 Å². The van der Waals surface area contributed by atoms with Crippen LogP contribution in [0.4, 0.5) is 19.5 Å². The molecule has 1 amide bonds. The molecular weight excluding hydrogens is 400 g/mol. The van der Waals surface area contributed by atoms with Gasteiger partial charge in [0.15, 0.2) is 5.69 Å². The number of hydrogen-bond donors (Lipinski definition) is 3. The predicted octanol–water partition coefficient (Wildman–Crippen LogP) is 3.44. The molecule has 7 nitrogen and oxygen atoms in total. The van der Waals surface area contributed by atoms with Crippen molar-refractivity contribution in [2.45, 2.75) is 12.8 Å². The lowest BCUT2D eigenvalue weighted by Gasteiger charge is -2.11. The average molecular weight is 419 g/mol. The maximum atomic E-state index is 14.0. The Hall–Kier alpha value is -3.11. The largest absolute Gasteiger partial charge is 0.491 e. The summed E-state index contributed by atoms with van der Waals surface area (Å²) in [5, 5.41) is 2.64. The zero-order chi connectivity index (χ0) is 20.8. The molecule has 3 rings (SSSR count). The zero-order valence-corrected chi connectivity index (χ0v) is 16.1. The van der Waals surface area contributed by atoms with Gasteiger partial charge >= 0.3 is 0 Å². The Morgan fingerprint density at radius 2 is 1.97 bits per heavy atom. The third kappa shape index (κ3) is 4.84. The average Bonchev–Trinajstić information content (AvgIpc) is 3.07. The Morgan fingerprint density at radius 1 is 1.21 bits per heavy atom. The van der Waals surface area contributed by atoms with E-state index in [1.807, 2.05) is 0 Å². The van der Waals surface area contributed by atoms with Crippen LogP contribution in [0.1, 0.15) is 23.3 Å². The number of carbonyl (C=O) groups excluding carboxylic acids is 1. The van der Waals surface area contributed by atoms with Crippen LogP contribution in [0.25, 0.3) is 10.6 Å². The van der Waals surface area contributed by atoms with Gasteiger partial charge in [-0.05, 0) is 31.5 Å². The number of thiazole rings is 1. The minimum absolute atomic E-state index is 0.0207. The molecular formula is C19H19F2N5O2S. The van der Waals surface area contributed by atoms with Gasteiger partial charge in [-0.15, -0.1) is 0 Å². The Bertz CT molecular complexity index is 992. The molecule has 0 aliphatic heterocycles. The molecule has 1 aromatic carbocycles. The lowest BCUT2D eigenvalue weighted by Crippen LogP contribution is -2.15. The van der Waals surface area contributed by atoms with Gasteiger partial charge in [0, 0.05) is 12.3 Å². The van der Waals surface area contributed by atoms with Crippen LogP contribution in [0.3, 0.4) is 0 Å². The van der Waals surface area contributed by atoms with Gasteiger partial charge in [-0.3, -0.25) is 9.78 Å². The third-order valence-corrected chi connectivity index (χ3v) is 4.83. The zero-order valence-electron chi connectivity index (χ0n) is 15.3. The van der Waals surface area contributed by atoms with E-state index in [2.05, 4.69) is 15.3 Å². The molecule has 0 atom stereocenters. The van der Waals surface area contributed by atoms with Gasteiger partial charge in [0.25, 0.3) is 5.91 Å². The van der Waals surface area contributed by atoms with Gasteiger partial charge in [-0.25, -0.2) is 13.8 Å². The molecule has 0 saturated carbocycles. The number of benzene rings is 1. The quantitative estimate of drug-likeness (QED) is 0.482. The Kier molecular flexibility index (Phi) is 6.68. The number of nitrogens with two attached hydrogens (primary N) is 2. The number of nitrogen functional groups attached to an aromatic ring is 1. The molecule has 0 radical (unpaired) electrons. The molecule has 2 heterocycles. The highest BCUT2D eigenvalue weighted by Gasteiger charge is 2.22. The molecule has 3 aromatic rings. The second-order valence-corrected chi connectivity index (χ2v) is 7.03. The molecule has 0 aliphatic carbocycles. The highest BCUT2D eigenvalue weighted by atomic mass is 32.1. The summed E-state index contributed by atoms with van der Waals surface area (Å²) in [7, 11) is 0. The first kappa shape index (κ1) is 20.6. The second kappa shape index (κ2) is 9.39. The Labute approximate surface area is 169 Å². The summed E-state index contributed by atoms with van der Waals surface area (Å²) in [5.41, 5.74) is 11.2. The summed E-state index contributed by atoms with van der Waals surface area (Å²) >= 11 is 0.825. The van der Waals surface area contributed by atoms with E-state index in [0.29, 0.717) is 24.6 Å². The number of aromatic nitrogens is 2. The molecule has 0 unspecified atom stereocenters. The molecule has 0 spiro atoms. The van der Waals surface area contributed by atoms with Crippen molar-refractivity contribution in [2.75, 3.05) is 24.2 Å². The molecule has 2 aromatic heterocycles. The Morgan fingerprint density at radius 3 is 2.69 bits per heavy atom. The number of nitrogens with zero attached hydrogens (tertiary/aromatic N) is 2. The summed E-state index contributed by atoms with van der Waals surface area (Å²) in [5.74, 6) is -1.78. The molecule has 5 N–H and O–H groups in total. The number of anilines is 2. The van der Waals surface area contributed by atoms with E-state index in [-0.39, 0.29) is 21.3 Å². The lowest BCUT2D eigenvalue weighted by atomic mass is 10.2. The van der Waals surface area contributed by atoms with Crippen molar-refractivity contribution in [2.24, 2.45) is 5.73 Å². The van der Waals surface area contributed by atoms with Crippen LogP contribution in [-0.4, -0.2) is 29.0 Å². The van der Waals surface area contributed by atoms with E-state index in [1.165, 1.54) is 18.5 Å². The summed E-state index contributed by atoms with van der Waals surface area (Å²) in [6.45, 7) is 0.997. The van der Waals surface area contributed by atoms with E-state index in [9.17, 15) is 13.6 Å². The minimum Gasteiger partial charge on any atom is -0.491 e. The van der Waals surface area contributed by atoms with Crippen LogP contribution < -0.4 is 21.5 Å². The van der Waals surface area contributed by atoms with Crippen molar-refractivity contribution in [3.05, 3.63) is 54.0 Å². The van der Waals surface area contributed by atoms with Crippen LogP contribution >= 0.6 is 11.3 Å². The van der Waals surface area contributed by atoms with Gasteiger partial charge < -0.3 is 21.5 Å². The van der Waals surface area contributed by atoms with Crippen molar-refractivity contribution in [3.63, 3.8) is 0 Å². The molecule has 0 saturated heterocycles. The van der Waals surface area contributed by atoms with E-state index in [0.717, 1.165) is 36.3 Å². The number of halogens is 2. The van der Waals surface area contributed by atoms with E-state index < -0.39 is 17.5 Å². The highest BCUT2D eigenvalue weighted by Crippen LogP contribution is 2.34. The number of amides is 1. The normalized spacial score (nSPS) is 10.7. The predicted molar refractivity (Wildman–Crippen MR) is 108 cm³/mol. The van der Waals surface area contributed by atoms with Gasteiger partial charge in [0.2, 0.25) is 0 Å². The first-order valence-corrected chi connectivity index (χ1v) is 9.61. The number of rotatable bonds is 8. The van der Waals surface area contributed by atoms with Crippen molar-refractivity contribution in [1.82, 2.24) is 9.97 Å². The molecule has 0 aliphatic rings. The summed E-state index contributed by atoms with van der Waals surface area (Å²) in [6, 6.07) is 5.08. The molecule has 152 valence electrons. The maximum absolute atomic E-state index is 14.0. The Balaban J connectivity index is 1.80. The van der Waals surface area contributed by atoms with Crippen molar-refractivity contribution >= 4 is 27.9 Å². The number of ether oxygens (including phenoxy) is 1. The number of pyridine rings is 1. The molecule has 29 heavy (non-hydrogen) atoms. The highest BCUT2D eigenvalue weighted by molar-refractivity contribution is 7.19. The topological polar surface area (TPSA) is 116 Å². The van der Waals surface area contributed by atoms with Gasteiger partial charge in [-0.2, -0.15) is 0 Å². The van der Waals surface area contributed by atoms with Crippen molar-refractivity contribution in [3.8, 4) is 16.3 Å². The van der Waals surface area contributed by atoms with Crippen molar-refractivity contribution < 1.29 is 18.3 Å². The molecule has 0 bridgehead atoms. The van der Waals surface area contributed by atoms with Crippen LogP contribution in [-0.2, 0) is 0 Å². The first-order chi connectivity index (χ1) is 14.0. The number of hydrogen-bond acceptors (Lipinski definition) is 7. The second-order valence-electron chi connectivity index (χ2n) is 6.00. The van der Waals surface area contributed by atoms with E-state index >= 15 is 0 Å². The number of unbranched alkanes of at least 4 members (excludes halogenated alkanes) is 1. The van der Waals surface area contributed by atoms with Crippen molar-refractivity contribution in [1.29, 1.82) is 0 Å². The first-order valence-electron chi connectivity index (χ1n) is 8.80. The third-order valence-electron chi connectivity index (χ3n) is 3.93. The summed E-state index contributed by atoms with van der Waals surface area (Å²) in [6.07, 6.45) is 4.54. The SMILES string of the molecule is NCCCCOc1ccncc1NC(=O)c1nc(-c2c(F)cccc2F)sc1N. The standard InChI is InChI=1S/C19H19F2N5O2S/c20-11-4-3-5-12(21)15(11)19-26-16(17(23)29-19)18(27)25-13-10-24-8-6-14(13)28-9-2-1-7-22/h3-6,8,10H,1-2,7,9,22-23H2,(H,25,27). The van der Waals surface area contributed by atoms with Crippen LogP contribution in [0.2, 0.25) is 0 Å². The number of carbonyl (C=O) groups is 1. The molecule has 0 fully saturated rings. The lowest BCUT2D eigenvalue weighted by molar-refractivity contribution is 0.102. The molecule has 10 heteroatoms. The fraction of sp³-hybridized carbons (Fsp3) is 0.211.